The molecule has 5 nitrogen and oxygen atoms in total. The highest BCUT2D eigenvalue weighted by Gasteiger charge is 2.18. The molecule has 0 aliphatic heterocycles. The number of rotatable bonds is 7. The van der Waals surface area contributed by atoms with Crippen LogP contribution in [0.15, 0.2) is 0 Å². The molecule has 1 aromatic heterocycles. The van der Waals surface area contributed by atoms with Crippen molar-refractivity contribution < 1.29 is 0 Å². The zero-order valence-corrected chi connectivity index (χ0v) is 14.1. The van der Waals surface area contributed by atoms with Crippen LogP contribution in [0.5, 0.6) is 0 Å². The summed E-state index contributed by atoms with van der Waals surface area (Å²) in [6.45, 7) is 15.4. The fourth-order valence-electron chi connectivity index (χ4n) is 2.02. The lowest BCUT2D eigenvalue weighted by Crippen LogP contribution is -2.36. The topological polar surface area (TPSA) is 45.2 Å². The molecule has 0 unspecified atom stereocenters. The van der Waals surface area contributed by atoms with Gasteiger partial charge in [0.2, 0.25) is 17.2 Å². The third-order valence-electron chi connectivity index (χ3n) is 3.07. The number of hydrogen-bond acceptors (Lipinski definition) is 5. The van der Waals surface area contributed by atoms with Crippen LogP contribution in [0.2, 0.25) is 5.28 Å². The minimum Gasteiger partial charge on any atom is -0.341 e. The molecule has 0 fully saturated rings. The van der Waals surface area contributed by atoms with Crippen molar-refractivity contribution in [3.05, 3.63) is 5.28 Å². The van der Waals surface area contributed by atoms with Gasteiger partial charge in [-0.1, -0.05) is 13.8 Å². The van der Waals surface area contributed by atoms with Gasteiger partial charge in [0.1, 0.15) is 0 Å². The molecule has 1 rings (SSSR count). The van der Waals surface area contributed by atoms with Crippen molar-refractivity contribution in [3.8, 4) is 0 Å². The molecule has 0 bridgehead atoms. The summed E-state index contributed by atoms with van der Waals surface area (Å²) in [5, 5.41) is 0.256. The minimum atomic E-state index is 0.256. The minimum absolute atomic E-state index is 0.256. The van der Waals surface area contributed by atoms with E-state index in [9.17, 15) is 0 Å². The van der Waals surface area contributed by atoms with Gasteiger partial charge in [-0.15, -0.1) is 0 Å². The highest BCUT2D eigenvalue weighted by Crippen LogP contribution is 2.19. The van der Waals surface area contributed by atoms with Crippen molar-refractivity contribution in [1.82, 2.24) is 15.0 Å². The Hall–Kier alpha value is -1.10. The van der Waals surface area contributed by atoms with Crippen LogP contribution >= 0.6 is 11.6 Å². The summed E-state index contributed by atoms with van der Waals surface area (Å²) in [5.74, 6) is 1.85. The molecule has 0 aliphatic rings. The SMILES string of the molecule is CCN(CC)c1nc(Cl)nc(N(CC(C)C)C(C)C)n1. The fourth-order valence-corrected chi connectivity index (χ4v) is 2.17. The van der Waals surface area contributed by atoms with Crippen molar-refractivity contribution in [1.29, 1.82) is 0 Å². The van der Waals surface area contributed by atoms with Crippen LogP contribution in [0.1, 0.15) is 41.5 Å². The monoisotopic (exact) mass is 299 g/mol. The smallest absolute Gasteiger partial charge is 0.231 e. The second-order valence-electron chi connectivity index (χ2n) is 5.52. The molecule has 0 N–H and O–H groups in total. The molecule has 20 heavy (non-hydrogen) atoms. The van der Waals surface area contributed by atoms with Gasteiger partial charge in [-0.25, -0.2) is 0 Å². The van der Waals surface area contributed by atoms with Crippen molar-refractivity contribution in [2.24, 2.45) is 5.92 Å². The lowest BCUT2D eigenvalue weighted by atomic mass is 10.2. The molecule has 0 atom stereocenters. The largest absolute Gasteiger partial charge is 0.341 e. The summed E-state index contributed by atoms with van der Waals surface area (Å²) >= 11 is 6.08. The standard InChI is InChI=1S/C14H26ClN5/c1-7-19(8-2)13-16-12(15)17-14(18-13)20(11(5)6)9-10(3)4/h10-11H,7-9H2,1-6H3. The summed E-state index contributed by atoms with van der Waals surface area (Å²) in [7, 11) is 0. The Balaban J connectivity index is 3.15. The third kappa shape index (κ3) is 4.47. The maximum Gasteiger partial charge on any atom is 0.231 e. The molecule has 0 saturated carbocycles. The number of hydrogen-bond donors (Lipinski definition) is 0. The van der Waals surface area contributed by atoms with Crippen LogP contribution in [-0.2, 0) is 0 Å². The molecular weight excluding hydrogens is 274 g/mol. The molecule has 0 spiro atoms. The Kier molecular flexibility index (Phi) is 6.46. The first-order chi connectivity index (χ1) is 9.38. The van der Waals surface area contributed by atoms with Gasteiger partial charge in [-0.3, -0.25) is 0 Å². The van der Waals surface area contributed by atoms with E-state index in [4.69, 9.17) is 11.6 Å². The first-order valence-electron chi connectivity index (χ1n) is 7.32. The number of anilines is 2. The average molecular weight is 300 g/mol. The van der Waals surface area contributed by atoms with Gasteiger partial charge in [0.15, 0.2) is 0 Å². The number of halogens is 1. The molecule has 6 heteroatoms. The van der Waals surface area contributed by atoms with Crippen LogP contribution in [0.3, 0.4) is 0 Å². The average Bonchev–Trinajstić information content (AvgIpc) is 2.36. The predicted octanol–water partition coefficient (Wildman–Crippen LogP) is 3.24. The highest BCUT2D eigenvalue weighted by molar-refractivity contribution is 6.28. The van der Waals surface area contributed by atoms with E-state index in [0.717, 1.165) is 19.6 Å². The zero-order valence-electron chi connectivity index (χ0n) is 13.4. The van der Waals surface area contributed by atoms with Gasteiger partial charge in [0.25, 0.3) is 0 Å². The third-order valence-corrected chi connectivity index (χ3v) is 3.24. The Bertz CT molecular complexity index is 418. The summed E-state index contributed by atoms with van der Waals surface area (Å²) in [6, 6.07) is 0.320. The van der Waals surface area contributed by atoms with Crippen LogP contribution < -0.4 is 9.80 Å². The van der Waals surface area contributed by atoms with E-state index in [1.807, 2.05) is 0 Å². The molecule has 1 aromatic rings. The molecule has 0 amide bonds. The Morgan fingerprint density at radius 1 is 0.950 bits per heavy atom. The van der Waals surface area contributed by atoms with Gasteiger partial charge in [0.05, 0.1) is 0 Å². The van der Waals surface area contributed by atoms with E-state index < -0.39 is 0 Å². The summed E-state index contributed by atoms with van der Waals surface area (Å²) in [5.41, 5.74) is 0. The maximum atomic E-state index is 6.08. The predicted molar refractivity (Wildman–Crippen MR) is 85.7 cm³/mol. The van der Waals surface area contributed by atoms with Crippen molar-refractivity contribution >= 4 is 23.5 Å². The molecule has 114 valence electrons. The van der Waals surface area contributed by atoms with E-state index in [1.165, 1.54) is 0 Å². The first kappa shape index (κ1) is 17.0. The molecule has 0 aromatic carbocycles. The fraction of sp³-hybridized carbons (Fsp3) is 0.786. The molecule has 0 radical (unpaired) electrons. The molecule has 0 saturated heterocycles. The van der Waals surface area contributed by atoms with Crippen LogP contribution in [0.4, 0.5) is 11.9 Å². The summed E-state index contributed by atoms with van der Waals surface area (Å²) in [4.78, 5) is 17.4. The van der Waals surface area contributed by atoms with Crippen LogP contribution in [0.25, 0.3) is 0 Å². The lowest BCUT2D eigenvalue weighted by Gasteiger charge is -2.29. The first-order valence-corrected chi connectivity index (χ1v) is 7.69. The Morgan fingerprint density at radius 3 is 1.95 bits per heavy atom. The van der Waals surface area contributed by atoms with Gasteiger partial charge in [-0.05, 0) is 45.2 Å². The van der Waals surface area contributed by atoms with E-state index in [2.05, 4.69) is 66.3 Å². The molecule has 1 heterocycles. The van der Waals surface area contributed by atoms with Gasteiger partial charge < -0.3 is 9.80 Å². The highest BCUT2D eigenvalue weighted by atomic mass is 35.5. The normalized spacial score (nSPS) is 11.2. The van der Waals surface area contributed by atoms with Crippen molar-refractivity contribution in [2.75, 3.05) is 29.4 Å². The van der Waals surface area contributed by atoms with E-state index in [-0.39, 0.29) is 5.28 Å². The Morgan fingerprint density at radius 2 is 1.50 bits per heavy atom. The van der Waals surface area contributed by atoms with E-state index in [0.29, 0.717) is 23.9 Å². The van der Waals surface area contributed by atoms with E-state index in [1.54, 1.807) is 0 Å². The van der Waals surface area contributed by atoms with Crippen molar-refractivity contribution in [2.45, 2.75) is 47.6 Å². The number of nitrogens with zero attached hydrogens (tertiary/aromatic N) is 5. The second kappa shape index (κ2) is 7.62. The van der Waals surface area contributed by atoms with Crippen LogP contribution in [-0.4, -0.2) is 40.6 Å². The zero-order chi connectivity index (χ0) is 15.3. The quantitative estimate of drug-likeness (QED) is 0.773. The molecular formula is C14H26ClN5. The molecule has 0 aliphatic carbocycles. The summed E-state index contributed by atoms with van der Waals surface area (Å²) in [6.07, 6.45) is 0. The van der Waals surface area contributed by atoms with Crippen LogP contribution in [0, 0.1) is 5.92 Å². The van der Waals surface area contributed by atoms with Gasteiger partial charge in [-0.2, -0.15) is 15.0 Å². The summed E-state index contributed by atoms with van der Waals surface area (Å²) < 4.78 is 0. The van der Waals surface area contributed by atoms with Gasteiger partial charge in [0, 0.05) is 25.7 Å². The van der Waals surface area contributed by atoms with E-state index >= 15 is 0 Å². The second-order valence-corrected chi connectivity index (χ2v) is 5.85. The maximum absolute atomic E-state index is 6.08. The van der Waals surface area contributed by atoms with Gasteiger partial charge >= 0.3 is 0 Å². The Labute approximate surface area is 127 Å². The lowest BCUT2D eigenvalue weighted by molar-refractivity contribution is 0.559. The number of aromatic nitrogens is 3. The van der Waals surface area contributed by atoms with Crippen molar-refractivity contribution in [3.63, 3.8) is 0 Å².